The number of nitrogens with zero attached hydrogens (tertiary/aromatic N) is 3. The summed E-state index contributed by atoms with van der Waals surface area (Å²) in [6.45, 7) is 1.99. The molecule has 0 fully saturated rings. The van der Waals surface area contributed by atoms with E-state index in [9.17, 15) is 40.0 Å². The Morgan fingerprint density at radius 2 is 1.87 bits per heavy atom. The molecular weight excluding hydrogens is 557 g/mol. The maximum Gasteiger partial charge on any atom is 0.427 e. The Labute approximate surface area is 220 Å². The van der Waals surface area contributed by atoms with Gasteiger partial charge in [-0.3, -0.25) is 14.4 Å². The lowest BCUT2D eigenvalue weighted by atomic mass is 10.1. The molecule has 1 aliphatic heterocycles. The van der Waals surface area contributed by atoms with Crippen molar-refractivity contribution in [2.45, 2.75) is 70.0 Å². The number of hydrogen-bond acceptors (Lipinski definition) is 7. The van der Waals surface area contributed by atoms with E-state index in [1.54, 1.807) is 0 Å². The number of aryl methyl sites for hydroxylation is 1. The molecule has 2 N–H and O–H groups in total. The number of rotatable bonds is 7. The first kappa shape index (κ1) is 29.9. The van der Waals surface area contributed by atoms with E-state index in [0.717, 1.165) is 10.4 Å². The highest BCUT2D eigenvalue weighted by Gasteiger charge is 2.51. The van der Waals surface area contributed by atoms with Gasteiger partial charge in [0, 0.05) is 12.6 Å². The molecular formula is C22H26F5N5O6S. The van der Waals surface area contributed by atoms with E-state index in [0.29, 0.717) is 20.0 Å². The Morgan fingerprint density at radius 3 is 2.41 bits per heavy atom. The molecule has 0 saturated carbocycles. The van der Waals surface area contributed by atoms with Gasteiger partial charge in [-0.1, -0.05) is 0 Å². The van der Waals surface area contributed by atoms with E-state index in [1.165, 1.54) is 32.9 Å². The van der Waals surface area contributed by atoms with Crippen LogP contribution in [0.5, 0.6) is 5.75 Å². The molecule has 2 amide bonds. The molecule has 2 aromatic rings. The van der Waals surface area contributed by atoms with Crippen LogP contribution in [-0.2, 0) is 19.6 Å². The Bertz CT molecular complexity index is 1360. The molecule has 0 spiro atoms. The fraction of sp³-hybridized carbons (Fsp3) is 0.500. The number of carbonyl (C=O) groups excluding carboxylic acids is 2. The Morgan fingerprint density at radius 1 is 1.23 bits per heavy atom. The first-order valence-electron chi connectivity index (χ1n) is 11.4. The number of halogens is 5. The number of amides is 2. The molecule has 0 saturated heterocycles. The van der Waals surface area contributed by atoms with Crippen LogP contribution >= 0.6 is 0 Å². The van der Waals surface area contributed by atoms with Crippen molar-refractivity contribution in [1.29, 1.82) is 0 Å². The van der Waals surface area contributed by atoms with Crippen LogP contribution in [0.1, 0.15) is 39.9 Å². The minimum Gasteiger partial charge on any atom is -0.484 e. The fourth-order valence-electron chi connectivity index (χ4n) is 3.66. The third kappa shape index (κ3) is 6.17. The van der Waals surface area contributed by atoms with Crippen LogP contribution in [0, 0.1) is 6.92 Å². The standard InChI is InChI=1S/C22H26F5N5O6S/c1-11-18(10-31(30-11)19(23)24)39(35,36)32-12(2)17(9-28-13(3)33)37-16-7-6-14(8-15(16)32)29-20(34)38-21(4,5)22(25,26)27/h6-8,10,12,17,19H,9H2,1-5H3,(H,28,33)(H,29,34)/t12-,17+/m1/s1. The van der Waals surface area contributed by atoms with Crippen molar-refractivity contribution in [1.82, 2.24) is 15.1 Å². The second-order valence-corrected chi connectivity index (χ2v) is 11.0. The lowest BCUT2D eigenvalue weighted by molar-refractivity contribution is -0.242. The minimum atomic E-state index is -4.86. The van der Waals surface area contributed by atoms with Crippen LogP contribution in [0.2, 0.25) is 0 Å². The van der Waals surface area contributed by atoms with Gasteiger partial charge in [0.15, 0.2) is 0 Å². The number of carbonyl (C=O) groups is 2. The third-order valence-electron chi connectivity index (χ3n) is 5.82. The summed E-state index contributed by atoms with van der Waals surface area (Å²) in [6.07, 6.45) is -6.59. The van der Waals surface area contributed by atoms with Crippen LogP contribution < -0.4 is 19.7 Å². The highest BCUT2D eigenvalue weighted by Crippen LogP contribution is 2.42. The number of alkyl halides is 5. The third-order valence-corrected chi connectivity index (χ3v) is 7.82. The number of fused-ring (bicyclic) bond motifs is 1. The molecule has 17 heteroatoms. The van der Waals surface area contributed by atoms with E-state index in [2.05, 4.69) is 20.5 Å². The zero-order valence-electron chi connectivity index (χ0n) is 21.3. The number of anilines is 2. The van der Waals surface area contributed by atoms with Crippen molar-refractivity contribution in [2.75, 3.05) is 16.2 Å². The van der Waals surface area contributed by atoms with Gasteiger partial charge >= 0.3 is 18.8 Å². The van der Waals surface area contributed by atoms with Gasteiger partial charge in [-0.05, 0) is 45.9 Å². The molecule has 39 heavy (non-hydrogen) atoms. The summed E-state index contributed by atoms with van der Waals surface area (Å²) < 4.78 is 105. The SMILES string of the molecule is CC(=O)NC[C@@H]1Oc2ccc(NC(=O)OC(C)(C)C(F)(F)F)cc2N(S(=O)(=O)c2cn(C(F)F)nc2C)[C@@H]1C. The van der Waals surface area contributed by atoms with Crippen LogP contribution in [0.4, 0.5) is 38.1 Å². The summed E-state index contributed by atoms with van der Waals surface area (Å²) in [5.41, 5.74) is -3.34. The number of ether oxygens (including phenoxy) is 2. The minimum absolute atomic E-state index is 0.0273. The van der Waals surface area contributed by atoms with Gasteiger partial charge in [-0.15, -0.1) is 0 Å². The molecule has 0 radical (unpaired) electrons. The van der Waals surface area contributed by atoms with Crippen molar-refractivity contribution in [3.8, 4) is 5.75 Å². The number of hydrogen-bond donors (Lipinski definition) is 2. The van der Waals surface area contributed by atoms with Gasteiger partial charge in [0.05, 0.1) is 30.2 Å². The summed E-state index contributed by atoms with van der Waals surface area (Å²) in [4.78, 5) is 23.1. The van der Waals surface area contributed by atoms with E-state index >= 15 is 0 Å². The summed E-state index contributed by atoms with van der Waals surface area (Å²) in [7, 11) is -4.60. The first-order valence-corrected chi connectivity index (χ1v) is 12.8. The summed E-state index contributed by atoms with van der Waals surface area (Å²) in [6, 6.07) is 2.57. The quantitative estimate of drug-likeness (QED) is 0.472. The van der Waals surface area contributed by atoms with Crippen molar-refractivity contribution in [3.63, 3.8) is 0 Å². The van der Waals surface area contributed by atoms with Crippen molar-refractivity contribution in [2.24, 2.45) is 0 Å². The Hall–Kier alpha value is -3.63. The maximum absolute atomic E-state index is 13.8. The molecule has 0 unspecified atom stereocenters. The molecule has 2 heterocycles. The lowest BCUT2D eigenvalue weighted by Gasteiger charge is -2.41. The fourth-order valence-corrected chi connectivity index (χ4v) is 5.50. The summed E-state index contributed by atoms with van der Waals surface area (Å²) in [5.74, 6) is -0.444. The van der Waals surface area contributed by atoms with Gasteiger partial charge in [0.2, 0.25) is 11.5 Å². The van der Waals surface area contributed by atoms with E-state index in [1.807, 2.05) is 0 Å². The second-order valence-electron chi connectivity index (χ2n) is 9.18. The lowest BCUT2D eigenvalue weighted by Crippen LogP contribution is -2.54. The van der Waals surface area contributed by atoms with Crippen LogP contribution in [0.25, 0.3) is 0 Å². The zero-order valence-corrected chi connectivity index (χ0v) is 22.2. The number of sulfonamides is 1. The molecule has 1 aliphatic rings. The highest BCUT2D eigenvalue weighted by atomic mass is 32.2. The zero-order chi connectivity index (χ0) is 29.5. The Balaban J connectivity index is 2.05. The average Bonchev–Trinajstić information content (AvgIpc) is 3.19. The topological polar surface area (TPSA) is 132 Å². The maximum atomic E-state index is 13.8. The van der Waals surface area contributed by atoms with Crippen molar-refractivity contribution in [3.05, 3.63) is 30.1 Å². The molecule has 3 rings (SSSR count). The van der Waals surface area contributed by atoms with Crippen LogP contribution in [0.3, 0.4) is 0 Å². The summed E-state index contributed by atoms with van der Waals surface area (Å²) >= 11 is 0. The first-order chi connectivity index (χ1) is 17.8. The molecule has 0 bridgehead atoms. The number of nitrogens with one attached hydrogen (secondary N) is 2. The molecule has 216 valence electrons. The molecule has 11 nitrogen and oxygen atoms in total. The molecule has 0 aliphatic carbocycles. The van der Waals surface area contributed by atoms with Crippen molar-refractivity contribution < 1.29 is 49.4 Å². The predicted molar refractivity (Wildman–Crippen MR) is 127 cm³/mol. The largest absolute Gasteiger partial charge is 0.484 e. The van der Waals surface area contributed by atoms with Gasteiger partial charge in [-0.25, -0.2) is 17.9 Å². The van der Waals surface area contributed by atoms with Gasteiger partial charge in [-0.2, -0.15) is 27.1 Å². The number of aromatic nitrogens is 2. The highest BCUT2D eigenvalue weighted by molar-refractivity contribution is 7.93. The monoisotopic (exact) mass is 583 g/mol. The van der Waals surface area contributed by atoms with Crippen molar-refractivity contribution >= 4 is 33.4 Å². The smallest absolute Gasteiger partial charge is 0.427 e. The van der Waals surface area contributed by atoms with Crippen LogP contribution in [-0.4, -0.2) is 60.7 Å². The van der Waals surface area contributed by atoms with Gasteiger partial charge in [0.25, 0.3) is 10.0 Å². The molecule has 2 atom stereocenters. The molecule has 1 aromatic carbocycles. The Kier molecular flexibility index (Phi) is 8.06. The average molecular weight is 584 g/mol. The van der Waals surface area contributed by atoms with E-state index in [4.69, 9.17) is 4.74 Å². The van der Waals surface area contributed by atoms with E-state index < -0.39 is 57.4 Å². The van der Waals surface area contributed by atoms with Gasteiger partial charge in [0.1, 0.15) is 16.7 Å². The predicted octanol–water partition coefficient (Wildman–Crippen LogP) is 3.96. The number of benzene rings is 1. The van der Waals surface area contributed by atoms with E-state index in [-0.39, 0.29) is 34.0 Å². The molecule has 1 aromatic heterocycles. The second kappa shape index (κ2) is 10.5. The van der Waals surface area contributed by atoms with Gasteiger partial charge < -0.3 is 14.8 Å². The normalized spacial score (nSPS) is 17.9. The summed E-state index contributed by atoms with van der Waals surface area (Å²) in [5, 5.41) is 8.19. The van der Waals surface area contributed by atoms with Crippen LogP contribution in [0.15, 0.2) is 29.3 Å².